The molecule has 2 saturated carbocycles. The monoisotopic (exact) mass is 330 g/mol. The summed E-state index contributed by atoms with van der Waals surface area (Å²) < 4.78 is 16.4. The van der Waals surface area contributed by atoms with Crippen molar-refractivity contribution in [3.8, 4) is 11.5 Å². The summed E-state index contributed by atoms with van der Waals surface area (Å²) in [6.07, 6.45) is 5.62. The summed E-state index contributed by atoms with van der Waals surface area (Å²) in [5.41, 5.74) is 0.777. The Hall–Kier alpha value is -2.11. The highest BCUT2D eigenvalue weighted by molar-refractivity contribution is 5.69. The molecule has 2 aromatic rings. The third-order valence-corrected chi connectivity index (χ3v) is 5.41. The topological polar surface area (TPSA) is 78.4 Å². The van der Waals surface area contributed by atoms with Crippen LogP contribution >= 0.6 is 0 Å². The zero-order valence-electron chi connectivity index (χ0n) is 14.1. The quantitative estimate of drug-likeness (QED) is 0.776. The van der Waals surface area contributed by atoms with Crippen LogP contribution in [0.3, 0.4) is 0 Å². The van der Waals surface area contributed by atoms with Crippen LogP contribution in [0.15, 0.2) is 14.9 Å². The predicted octanol–water partition coefficient (Wildman–Crippen LogP) is 3.82. The lowest BCUT2D eigenvalue weighted by molar-refractivity contribution is -0.147. The molecule has 0 spiro atoms. The molecule has 0 N–H and O–H groups in total. The molecule has 128 valence electrons. The van der Waals surface area contributed by atoms with Crippen LogP contribution in [-0.4, -0.2) is 16.2 Å². The minimum Gasteiger partial charge on any atom is -0.466 e. The molecule has 0 saturated heterocycles. The molecule has 0 unspecified atom stereocenters. The Morgan fingerprint density at radius 1 is 1.25 bits per heavy atom. The van der Waals surface area contributed by atoms with Crippen LogP contribution in [0, 0.1) is 31.6 Å². The average Bonchev–Trinajstić information content (AvgIpc) is 3.29. The molecule has 6 heteroatoms. The molecule has 2 aliphatic carbocycles. The van der Waals surface area contributed by atoms with Crippen LogP contribution in [0.1, 0.15) is 49.5 Å². The molecule has 4 rings (SSSR count). The standard InChI is InChI=1S/C18H22N2O4/c1-10-5-15(11(2)23-10)18-20-19-16(24-18)9-22-17(21)8-14-7-12-3-4-13(14)6-12/h5,12-14H,3-4,6-9H2,1-2H3/t12-,13+,14-/m0/s1. The molecule has 0 amide bonds. The molecule has 2 heterocycles. The highest BCUT2D eigenvalue weighted by atomic mass is 16.5. The van der Waals surface area contributed by atoms with Crippen LogP contribution in [0.2, 0.25) is 0 Å². The third kappa shape index (κ3) is 2.97. The zero-order chi connectivity index (χ0) is 16.7. The normalized spacial score (nSPS) is 25.3. The Balaban J connectivity index is 1.31. The van der Waals surface area contributed by atoms with Gasteiger partial charge in [-0.2, -0.15) is 0 Å². The molecule has 2 aliphatic rings. The van der Waals surface area contributed by atoms with E-state index in [1.54, 1.807) is 0 Å². The fraction of sp³-hybridized carbons (Fsp3) is 0.611. The highest BCUT2D eigenvalue weighted by Gasteiger charge is 2.40. The lowest BCUT2D eigenvalue weighted by Gasteiger charge is -2.20. The fourth-order valence-electron chi connectivity index (χ4n) is 4.31. The summed E-state index contributed by atoms with van der Waals surface area (Å²) in [4.78, 5) is 12.1. The molecular weight excluding hydrogens is 308 g/mol. The van der Waals surface area contributed by atoms with Crippen molar-refractivity contribution >= 4 is 5.97 Å². The van der Waals surface area contributed by atoms with Gasteiger partial charge in [0.15, 0.2) is 6.61 Å². The molecule has 3 atom stereocenters. The number of fused-ring (bicyclic) bond motifs is 2. The molecule has 6 nitrogen and oxygen atoms in total. The molecule has 0 aromatic carbocycles. The number of carbonyl (C=O) groups excluding carboxylic acids is 1. The van der Waals surface area contributed by atoms with Crippen LogP contribution < -0.4 is 0 Å². The zero-order valence-corrected chi connectivity index (χ0v) is 14.1. The molecule has 2 bridgehead atoms. The van der Waals surface area contributed by atoms with Gasteiger partial charge in [0.1, 0.15) is 11.5 Å². The first kappa shape index (κ1) is 15.4. The highest BCUT2D eigenvalue weighted by Crippen LogP contribution is 2.49. The Labute approximate surface area is 140 Å². The summed E-state index contributed by atoms with van der Waals surface area (Å²) in [6.45, 7) is 3.75. The number of aromatic nitrogens is 2. The van der Waals surface area contributed by atoms with Crippen LogP contribution in [0.5, 0.6) is 0 Å². The summed E-state index contributed by atoms with van der Waals surface area (Å²) in [6, 6.07) is 1.85. The number of esters is 1. The van der Waals surface area contributed by atoms with Crippen LogP contribution in [-0.2, 0) is 16.1 Å². The average molecular weight is 330 g/mol. The SMILES string of the molecule is Cc1cc(-c2nnc(COC(=O)C[C@@H]3C[C@H]4CC[C@@H]3C4)o2)c(C)o1. The van der Waals surface area contributed by atoms with E-state index in [0.29, 0.717) is 24.1 Å². The summed E-state index contributed by atoms with van der Waals surface area (Å²) >= 11 is 0. The van der Waals surface area contributed by atoms with Gasteiger partial charge in [-0.15, -0.1) is 10.2 Å². The second kappa shape index (κ2) is 6.07. The first-order chi connectivity index (χ1) is 11.6. The van der Waals surface area contributed by atoms with Crippen molar-refractivity contribution in [3.05, 3.63) is 23.5 Å². The van der Waals surface area contributed by atoms with E-state index in [1.807, 2.05) is 19.9 Å². The van der Waals surface area contributed by atoms with Crippen molar-refractivity contribution in [1.82, 2.24) is 10.2 Å². The Bertz CT molecular complexity index is 748. The van der Waals surface area contributed by atoms with E-state index in [4.69, 9.17) is 13.6 Å². The van der Waals surface area contributed by atoms with E-state index in [2.05, 4.69) is 10.2 Å². The second-order valence-electron chi connectivity index (χ2n) is 7.13. The van der Waals surface area contributed by atoms with Gasteiger partial charge in [0, 0.05) is 6.42 Å². The first-order valence-electron chi connectivity index (χ1n) is 8.64. The number of carbonyl (C=O) groups is 1. The van der Waals surface area contributed by atoms with Crippen molar-refractivity contribution in [3.63, 3.8) is 0 Å². The summed E-state index contributed by atoms with van der Waals surface area (Å²) in [7, 11) is 0. The maximum absolute atomic E-state index is 12.1. The van der Waals surface area contributed by atoms with Crippen molar-refractivity contribution in [2.75, 3.05) is 0 Å². The van der Waals surface area contributed by atoms with Crippen molar-refractivity contribution in [2.45, 2.75) is 52.6 Å². The number of furan rings is 1. The smallest absolute Gasteiger partial charge is 0.306 e. The second-order valence-corrected chi connectivity index (χ2v) is 7.13. The number of rotatable bonds is 5. The predicted molar refractivity (Wildman–Crippen MR) is 84.8 cm³/mol. The number of hydrogen-bond donors (Lipinski definition) is 0. The lowest BCUT2D eigenvalue weighted by Crippen LogP contribution is -2.17. The van der Waals surface area contributed by atoms with Crippen molar-refractivity contribution < 1.29 is 18.4 Å². The van der Waals surface area contributed by atoms with Crippen LogP contribution in [0.25, 0.3) is 11.5 Å². The van der Waals surface area contributed by atoms with Gasteiger partial charge in [0.25, 0.3) is 11.8 Å². The molecule has 0 radical (unpaired) electrons. The van der Waals surface area contributed by atoms with E-state index in [-0.39, 0.29) is 12.6 Å². The van der Waals surface area contributed by atoms with E-state index >= 15 is 0 Å². The number of ether oxygens (including phenoxy) is 1. The van der Waals surface area contributed by atoms with E-state index in [0.717, 1.165) is 28.9 Å². The van der Waals surface area contributed by atoms with Gasteiger partial charge >= 0.3 is 5.97 Å². The third-order valence-electron chi connectivity index (χ3n) is 5.41. The van der Waals surface area contributed by atoms with Crippen molar-refractivity contribution in [2.24, 2.45) is 17.8 Å². The molecule has 0 aliphatic heterocycles. The Kier molecular flexibility index (Phi) is 3.90. The lowest BCUT2D eigenvalue weighted by atomic mass is 9.86. The Morgan fingerprint density at radius 2 is 2.12 bits per heavy atom. The maximum atomic E-state index is 12.1. The molecular formula is C18H22N2O4. The van der Waals surface area contributed by atoms with Gasteiger partial charge in [-0.25, -0.2) is 0 Å². The number of hydrogen-bond acceptors (Lipinski definition) is 6. The van der Waals surface area contributed by atoms with Gasteiger partial charge in [-0.1, -0.05) is 6.42 Å². The fourth-order valence-corrected chi connectivity index (χ4v) is 4.31. The largest absolute Gasteiger partial charge is 0.466 e. The first-order valence-corrected chi connectivity index (χ1v) is 8.64. The summed E-state index contributed by atoms with van der Waals surface area (Å²) in [5, 5.41) is 7.95. The van der Waals surface area contributed by atoms with E-state index in [1.165, 1.54) is 25.7 Å². The van der Waals surface area contributed by atoms with E-state index in [9.17, 15) is 4.79 Å². The van der Waals surface area contributed by atoms with Crippen molar-refractivity contribution in [1.29, 1.82) is 0 Å². The maximum Gasteiger partial charge on any atom is 0.306 e. The minimum atomic E-state index is -0.164. The van der Waals surface area contributed by atoms with Gasteiger partial charge in [-0.05, 0) is 56.9 Å². The van der Waals surface area contributed by atoms with Gasteiger partial charge in [-0.3, -0.25) is 4.79 Å². The Morgan fingerprint density at radius 3 is 2.79 bits per heavy atom. The van der Waals surface area contributed by atoms with Gasteiger partial charge in [0.05, 0.1) is 5.56 Å². The molecule has 2 aromatic heterocycles. The number of nitrogens with zero attached hydrogens (tertiary/aromatic N) is 2. The van der Waals surface area contributed by atoms with Gasteiger partial charge in [0.2, 0.25) is 0 Å². The molecule has 2 fully saturated rings. The number of aryl methyl sites for hydroxylation is 2. The van der Waals surface area contributed by atoms with Gasteiger partial charge < -0.3 is 13.6 Å². The van der Waals surface area contributed by atoms with E-state index < -0.39 is 0 Å². The minimum absolute atomic E-state index is 0.0303. The molecule has 24 heavy (non-hydrogen) atoms. The van der Waals surface area contributed by atoms with Crippen LogP contribution in [0.4, 0.5) is 0 Å². The summed E-state index contributed by atoms with van der Waals surface area (Å²) in [5.74, 6) is 4.13.